The summed E-state index contributed by atoms with van der Waals surface area (Å²) >= 11 is 0. The summed E-state index contributed by atoms with van der Waals surface area (Å²) in [6, 6.07) is 5.63. The summed E-state index contributed by atoms with van der Waals surface area (Å²) in [4.78, 5) is 16.5. The number of Topliss-reactive ketones (excluding diaryl/α,β-unsaturated/α-hetero) is 1. The fourth-order valence-electron chi connectivity index (χ4n) is 1.75. The van der Waals surface area contributed by atoms with E-state index in [9.17, 15) is 4.79 Å². The van der Waals surface area contributed by atoms with Gasteiger partial charge in [0.25, 0.3) is 0 Å². The molecule has 0 fully saturated rings. The number of aromatic nitrogens is 2. The number of hydrogen-bond donors (Lipinski definition) is 1. The minimum atomic E-state index is -0.553. The Morgan fingerprint density at radius 1 is 1.41 bits per heavy atom. The maximum Gasteiger partial charge on any atom is 0.182 e. The average molecular weight is 231 g/mol. The van der Waals surface area contributed by atoms with E-state index in [1.807, 2.05) is 43.7 Å². The van der Waals surface area contributed by atoms with E-state index in [-0.39, 0.29) is 5.78 Å². The zero-order valence-electron chi connectivity index (χ0n) is 10.6. The number of benzene rings is 1. The molecule has 17 heavy (non-hydrogen) atoms. The molecule has 4 nitrogen and oxygen atoms in total. The number of fused-ring (bicyclic) bond motifs is 1. The Hall–Kier alpha value is -1.68. The second kappa shape index (κ2) is 3.96. The topological polar surface area (TPSA) is 46.9 Å². The minimum absolute atomic E-state index is 0.0764. The molecule has 0 unspecified atom stereocenters. The van der Waals surface area contributed by atoms with E-state index in [4.69, 9.17) is 0 Å². The minimum Gasteiger partial charge on any atom is -0.334 e. The van der Waals surface area contributed by atoms with Crippen molar-refractivity contribution in [2.24, 2.45) is 7.05 Å². The second-order valence-electron chi connectivity index (χ2n) is 4.76. The summed E-state index contributed by atoms with van der Waals surface area (Å²) < 4.78 is 1.94. The number of ketones is 1. The summed E-state index contributed by atoms with van der Waals surface area (Å²) in [6.07, 6.45) is 1.75. The van der Waals surface area contributed by atoms with Crippen LogP contribution in [0.3, 0.4) is 0 Å². The Morgan fingerprint density at radius 3 is 2.76 bits per heavy atom. The van der Waals surface area contributed by atoms with E-state index in [1.165, 1.54) is 0 Å². The van der Waals surface area contributed by atoms with Crippen LogP contribution in [0.1, 0.15) is 24.2 Å². The van der Waals surface area contributed by atoms with Crippen LogP contribution in [0, 0.1) is 0 Å². The molecule has 0 aliphatic carbocycles. The molecule has 0 atom stereocenters. The maximum absolute atomic E-state index is 12.3. The first-order chi connectivity index (χ1) is 7.95. The molecular weight excluding hydrogens is 214 g/mol. The van der Waals surface area contributed by atoms with Gasteiger partial charge in [-0.3, -0.25) is 4.79 Å². The lowest BCUT2D eigenvalue weighted by Gasteiger charge is -2.22. The highest BCUT2D eigenvalue weighted by molar-refractivity contribution is 6.04. The Balaban J connectivity index is 2.47. The molecule has 0 bridgehead atoms. The van der Waals surface area contributed by atoms with Crippen molar-refractivity contribution in [3.63, 3.8) is 0 Å². The summed E-state index contributed by atoms with van der Waals surface area (Å²) in [6.45, 7) is 3.75. The van der Waals surface area contributed by atoms with Crippen molar-refractivity contribution in [3.05, 3.63) is 30.1 Å². The monoisotopic (exact) mass is 231 g/mol. The van der Waals surface area contributed by atoms with Crippen LogP contribution in [0.2, 0.25) is 0 Å². The lowest BCUT2D eigenvalue weighted by molar-refractivity contribution is 0.0889. The van der Waals surface area contributed by atoms with Gasteiger partial charge >= 0.3 is 0 Å². The highest BCUT2D eigenvalue weighted by Gasteiger charge is 2.26. The summed E-state index contributed by atoms with van der Waals surface area (Å²) in [5.41, 5.74) is 2.02. The first kappa shape index (κ1) is 11.8. The third-order valence-corrected chi connectivity index (χ3v) is 3.18. The molecule has 1 N–H and O–H groups in total. The van der Waals surface area contributed by atoms with E-state index >= 15 is 0 Å². The number of likely N-dealkylation sites (N-methyl/N-ethyl adjacent to an activating group) is 1. The molecule has 0 saturated heterocycles. The quantitative estimate of drug-likeness (QED) is 0.819. The highest BCUT2D eigenvalue weighted by atomic mass is 16.1. The van der Waals surface area contributed by atoms with Gasteiger partial charge in [-0.1, -0.05) is 0 Å². The number of carbonyl (C=O) groups is 1. The van der Waals surface area contributed by atoms with Crippen molar-refractivity contribution >= 4 is 16.8 Å². The van der Waals surface area contributed by atoms with Gasteiger partial charge in [0.05, 0.1) is 22.9 Å². The first-order valence-corrected chi connectivity index (χ1v) is 5.60. The molecule has 2 rings (SSSR count). The fourth-order valence-corrected chi connectivity index (χ4v) is 1.75. The van der Waals surface area contributed by atoms with Gasteiger partial charge in [-0.15, -0.1) is 0 Å². The van der Waals surface area contributed by atoms with Crippen molar-refractivity contribution in [3.8, 4) is 0 Å². The van der Waals surface area contributed by atoms with Crippen LogP contribution >= 0.6 is 0 Å². The van der Waals surface area contributed by atoms with E-state index in [0.717, 1.165) is 11.0 Å². The van der Waals surface area contributed by atoms with Gasteiger partial charge in [-0.2, -0.15) is 0 Å². The summed E-state index contributed by atoms with van der Waals surface area (Å²) in [5.74, 6) is 0.0764. The molecule has 0 radical (unpaired) electrons. The normalized spacial score (nSPS) is 12.0. The predicted molar refractivity (Wildman–Crippen MR) is 68.2 cm³/mol. The van der Waals surface area contributed by atoms with E-state index in [0.29, 0.717) is 5.56 Å². The molecule has 4 heteroatoms. The van der Waals surface area contributed by atoms with Crippen LogP contribution in [0.15, 0.2) is 24.5 Å². The van der Waals surface area contributed by atoms with Crippen molar-refractivity contribution in [2.75, 3.05) is 7.05 Å². The van der Waals surface area contributed by atoms with Gasteiger partial charge in [0, 0.05) is 12.6 Å². The Morgan fingerprint density at radius 2 is 2.12 bits per heavy atom. The molecular formula is C13H17N3O. The number of aryl methyl sites for hydroxylation is 1. The molecule has 1 aromatic carbocycles. The molecule has 0 aliphatic rings. The van der Waals surface area contributed by atoms with Crippen LogP contribution in [-0.2, 0) is 7.05 Å². The predicted octanol–water partition coefficient (Wildman–Crippen LogP) is 1.75. The molecule has 0 amide bonds. The molecule has 1 heterocycles. The number of carbonyl (C=O) groups excluding carboxylic acids is 1. The van der Waals surface area contributed by atoms with Crippen molar-refractivity contribution in [1.29, 1.82) is 0 Å². The van der Waals surface area contributed by atoms with Crippen LogP contribution in [0.4, 0.5) is 0 Å². The Bertz CT molecular complexity index is 569. The van der Waals surface area contributed by atoms with Crippen molar-refractivity contribution < 1.29 is 4.79 Å². The third-order valence-electron chi connectivity index (χ3n) is 3.18. The number of nitrogens with zero attached hydrogens (tertiary/aromatic N) is 2. The lowest BCUT2D eigenvalue weighted by Crippen LogP contribution is -2.44. The van der Waals surface area contributed by atoms with Crippen molar-refractivity contribution in [2.45, 2.75) is 19.4 Å². The smallest absolute Gasteiger partial charge is 0.182 e. The van der Waals surface area contributed by atoms with E-state index < -0.39 is 5.54 Å². The molecule has 0 spiro atoms. The summed E-state index contributed by atoms with van der Waals surface area (Å²) in [5, 5.41) is 3.02. The van der Waals surface area contributed by atoms with E-state index in [2.05, 4.69) is 10.3 Å². The van der Waals surface area contributed by atoms with Crippen LogP contribution in [-0.4, -0.2) is 27.9 Å². The first-order valence-electron chi connectivity index (χ1n) is 5.60. The van der Waals surface area contributed by atoms with Gasteiger partial charge < -0.3 is 9.88 Å². The van der Waals surface area contributed by atoms with Crippen LogP contribution < -0.4 is 5.32 Å². The SMILES string of the molecule is CNC(C)(C)C(=O)c1ccc2c(c1)ncn2C. The Labute approximate surface area is 101 Å². The molecule has 1 aromatic heterocycles. The zero-order chi connectivity index (χ0) is 12.6. The molecule has 0 saturated carbocycles. The fraction of sp³-hybridized carbons (Fsp3) is 0.385. The average Bonchev–Trinajstić information content (AvgIpc) is 2.69. The van der Waals surface area contributed by atoms with Gasteiger partial charge in [0.1, 0.15) is 0 Å². The standard InChI is InChI=1S/C13H17N3O/c1-13(2,14-3)12(17)9-5-6-11-10(7-9)15-8-16(11)4/h5-8,14H,1-4H3. The largest absolute Gasteiger partial charge is 0.334 e. The number of rotatable bonds is 3. The Kier molecular flexibility index (Phi) is 2.75. The van der Waals surface area contributed by atoms with Gasteiger partial charge in [0.2, 0.25) is 0 Å². The molecule has 90 valence electrons. The number of nitrogens with one attached hydrogen (secondary N) is 1. The highest BCUT2D eigenvalue weighted by Crippen LogP contribution is 2.18. The van der Waals surface area contributed by atoms with Crippen LogP contribution in [0.5, 0.6) is 0 Å². The zero-order valence-corrected chi connectivity index (χ0v) is 10.6. The number of hydrogen-bond acceptors (Lipinski definition) is 3. The van der Waals surface area contributed by atoms with E-state index in [1.54, 1.807) is 13.4 Å². The lowest BCUT2D eigenvalue weighted by atomic mass is 9.93. The number of imidazole rings is 1. The summed E-state index contributed by atoms with van der Waals surface area (Å²) in [7, 11) is 3.73. The van der Waals surface area contributed by atoms with Gasteiger partial charge in [-0.05, 0) is 39.1 Å². The van der Waals surface area contributed by atoms with Crippen molar-refractivity contribution in [1.82, 2.24) is 14.9 Å². The van der Waals surface area contributed by atoms with Crippen LogP contribution in [0.25, 0.3) is 11.0 Å². The molecule has 2 aromatic rings. The van der Waals surface area contributed by atoms with Gasteiger partial charge in [-0.25, -0.2) is 4.98 Å². The van der Waals surface area contributed by atoms with Gasteiger partial charge in [0.15, 0.2) is 5.78 Å². The second-order valence-corrected chi connectivity index (χ2v) is 4.76. The maximum atomic E-state index is 12.3. The third kappa shape index (κ3) is 1.96. The molecule has 0 aliphatic heterocycles.